The van der Waals surface area contributed by atoms with Gasteiger partial charge in [-0.3, -0.25) is 9.59 Å². The Morgan fingerprint density at radius 1 is 0.950 bits per heavy atom. The van der Waals surface area contributed by atoms with E-state index in [9.17, 15) is 14.4 Å². The first kappa shape index (κ1) is 30.2. The van der Waals surface area contributed by atoms with Gasteiger partial charge in [-0.15, -0.1) is 6.42 Å². The molecule has 210 valence electrons. The molecule has 0 spiro atoms. The van der Waals surface area contributed by atoms with Crippen molar-refractivity contribution in [1.29, 1.82) is 0 Å². The van der Waals surface area contributed by atoms with Gasteiger partial charge >= 0.3 is 6.09 Å². The number of carbonyl (C=O) groups excluding carboxylic acids is 3. The van der Waals surface area contributed by atoms with Crippen LogP contribution in [-0.2, 0) is 14.3 Å². The number of nitrogens with one attached hydrogen (secondary N) is 2. The van der Waals surface area contributed by atoms with Crippen LogP contribution in [0.5, 0.6) is 0 Å². The molecule has 40 heavy (non-hydrogen) atoms. The van der Waals surface area contributed by atoms with Gasteiger partial charge in [0.1, 0.15) is 18.2 Å². The second-order valence-corrected chi connectivity index (χ2v) is 10.7. The average Bonchev–Trinajstić information content (AvgIpc) is 2.92. The molecule has 0 radical (unpaired) electrons. The van der Waals surface area contributed by atoms with Crippen LogP contribution in [0.2, 0.25) is 0 Å². The van der Waals surface area contributed by atoms with Gasteiger partial charge in [0.25, 0.3) is 5.91 Å². The van der Waals surface area contributed by atoms with Crippen LogP contribution in [0.3, 0.4) is 0 Å². The van der Waals surface area contributed by atoms with Gasteiger partial charge in [0, 0.05) is 17.8 Å². The lowest BCUT2D eigenvalue weighted by Crippen LogP contribution is -2.47. The summed E-state index contributed by atoms with van der Waals surface area (Å²) in [6.07, 6.45) is 8.75. The quantitative estimate of drug-likeness (QED) is 0.216. The van der Waals surface area contributed by atoms with Crippen LogP contribution in [-0.4, -0.2) is 41.5 Å². The molecule has 0 aliphatic heterocycles. The highest BCUT2D eigenvalue weighted by Gasteiger charge is 2.33. The molecule has 0 aliphatic carbocycles. The Morgan fingerprint density at radius 3 is 2.35 bits per heavy atom. The van der Waals surface area contributed by atoms with Crippen molar-refractivity contribution < 1.29 is 19.1 Å². The number of hydrogen-bond donors (Lipinski definition) is 2. The molecule has 3 aromatic rings. The highest BCUT2D eigenvalue weighted by molar-refractivity contribution is 6.00. The van der Waals surface area contributed by atoms with E-state index in [4.69, 9.17) is 11.2 Å². The Morgan fingerprint density at radius 2 is 1.65 bits per heavy atom. The summed E-state index contributed by atoms with van der Waals surface area (Å²) in [5.41, 5.74) is 0.968. The molecule has 0 bridgehead atoms. The van der Waals surface area contributed by atoms with E-state index >= 15 is 0 Å². The molecule has 0 aromatic heterocycles. The van der Waals surface area contributed by atoms with E-state index in [-0.39, 0.29) is 12.5 Å². The van der Waals surface area contributed by atoms with Crippen molar-refractivity contribution in [2.75, 3.05) is 18.4 Å². The van der Waals surface area contributed by atoms with E-state index in [1.807, 2.05) is 42.5 Å². The number of ether oxygens (including phenoxy) is 1. The monoisotopic (exact) mass is 541 g/mol. The predicted octanol–water partition coefficient (Wildman–Crippen LogP) is 6.43. The number of unbranched alkanes of at least 4 members (excludes halogenated alkanes) is 3. The zero-order valence-corrected chi connectivity index (χ0v) is 23.8. The molecule has 0 aliphatic rings. The molecule has 7 heteroatoms. The van der Waals surface area contributed by atoms with Crippen molar-refractivity contribution in [2.45, 2.75) is 65.0 Å². The van der Waals surface area contributed by atoms with Crippen molar-refractivity contribution in [3.05, 3.63) is 77.9 Å². The fourth-order valence-electron chi connectivity index (χ4n) is 4.47. The van der Waals surface area contributed by atoms with Gasteiger partial charge in [0.15, 0.2) is 0 Å². The van der Waals surface area contributed by atoms with Gasteiger partial charge in [0.2, 0.25) is 5.91 Å². The fourth-order valence-corrected chi connectivity index (χ4v) is 4.47. The van der Waals surface area contributed by atoms with Crippen LogP contribution in [0.1, 0.15) is 70.5 Å². The minimum Gasteiger partial charge on any atom is -0.444 e. The van der Waals surface area contributed by atoms with E-state index in [0.29, 0.717) is 29.8 Å². The van der Waals surface area contributed by atoms with Crippen LogP contribution >= 0.6 is 0 Å². The molecular weight excluding hydrogens is 502 g/mol. The van der Waals surface area contributed by atoms with E-state index in [1.54, 1.807) is 45.0 Å². The smallest absolute Gasteiger partial charge is 0.408 e. The van der Waals surface area contributed by atoms with Gasteiger partial charge in [-0.05, 0) is 61.7 Å². The Balaban J connectivity index is 1.95. The molecule has 3 amide bonds. The molecular formula is C33H39N3O4. The lowest BCUT2D eigenvalue weighted by molar-refractivity contribution is -0.138. The molecule has 0 fully saturated rings. The Bertz CT molecular complexity index is 1370. The van der Waals surface area contributed by atoms with E-state index in [0.717, 1.165) is 30.0 Å². The number of fused-ring (bicyclic) bond motifs is 1. The number of terminal acetylenes is 1. The van der Waals surface area contributed by atoms with Gasteiger partial charge in [-0.25, -0.2) is 4.79 Å². The first-order chi connectivity index (χ1) is 19.1. The Kier molecular flexibility index (Phi) is 10.7. The van der Waals surface area contributed by atoms with Gasteiger partial charge in [0.05, 0.1) is 0 Å². The van der Waals surface area contributed by atoms with E-state index < -0.39 is 23.6 Å². The summed E-state index contributed by atoms with van der Waals surface area (Å²) >= 11 is 0. The van der Waals surface area contributed by atoms with Crippen molar-refractivity contribution in [1.82, 2.24) is 10.2 Å². The largest absolute Gasteiger partial charge is 0.444 e. The number of rotatable bonds is 11. The van der Waals surface area contributed by atoms with Gasteiger partial charge in [-0.1, -0.05) is 80.6 Å². The lowest BCUT2D eigenvalue weighted by atomic mass is 9.97. The maximum absolute atomic E-state index is 14.0. The summed E-state index contributed by atoms with van der Waals surface area (Å²) in [6, 6.07) is 19.7. The van der Waals surface area contributed by atoms with Crippen molar-refractivity contribution in [3.8, 4) is 12.3 Å². The minimum atomic E-state index is -1.01. The summed E-state index contributed by atoms with van der Waals surface area (Å²) in [7, 11) is 0. The summed E-state index contributed by atoms with van der Waals surface area (Å²) in [6.45, 7) is 7.36. The van der Waals surface area contributed by atoms with Gasteiger partial charge in [-0.2, -0.15) is 0 Å². The zero-order chi connectivity index (χ0) is 29.1. The maximum Gasteiger partial charge on any atom is 0.408 e. The molecule has 3 aromatic carbocycles. The summed E-state index contributed by atoms with van der Waals surface area (Å²) in [4.78, 5) is 41.5. The lowest BCUT2D eigenvalue weighted by Gasteiger charge is -2.32. The molecule has 3 rings (SSSR count). The fraction of sp³-hybridized carbons (Fsp3) is 0.364. The average molecular weight is 542 g/mol. The number of anilines is 1. The predicted molar refractivity (Wildman–Crippen MR) is 160 cm³/mol. The normalized spacial score (nSPS) is 11.8. The third-order valence-corrected chi connectivity index (χ3v) is 6.34. The Hall–Kier alpha value is -4.31. The van der Waals surface area contributed by atoms with Crippen LogP contribution in [0, 0.1) is 12.3 Å². The second-order valence-electron chi connectivity index (χ2n) is 10.7. The number of alkyl carbamates (subject to hydrolysis) is 1. The first-order valence-corrected chi connectivity index (χ1v) is 13.7. The van der Waals surface area contributed by atoms with Crippen LogP contribution in [0.25, 0.3) is 10.8 Å². The van der Waals surface area contributed by atoms with E-state index in [1.165, 1.54) is 4.90 Å². The van der Waals surface area contributed by atoms with Crippen LogP contribution in [0.15, 0.2) is 66.7 Å². The molecule has 2 N–H and O–H groups in total. The minimum absolute atomic E-state index is 0.319. The molecule has 0 saturated heterocycles. The molecule has 0 saturated carbocycles. The topological polar surface area (TPSA) is 87.7 Å². The zero-order valence-electron chi connectivity index (χ0n) is 23.8. The molecule has 1 atom stereocenters. The summed E-state index contributed by atoms with van der Waals surface area (Å²) < 4.78 is 5.30. The third-order valence-electron chi connectivity index (χ3n) is 6.34. The Labute approximate surface area is 237 Å². The highest BCUT2D eigenvalue weighted by atomic mass is 16.6. The van der Waals surface area contributed by atoms with Crippen molar-refractivity contribution in [3.63, 3.8) is 0 Å². The van der Waals surface area contributed by atoms with E-state index in [2.05, 4.69) is 23.5 Å². The number of nitrogens with zero attached hydrogens (tertiary/aromatic N) is 1. The highest BCUT2D eigenvalue weighted by Crippen LogP contribution is 2.28. The summed E-state index contributed by atoms with van der Waals surface area (Å²) in [5, 5.41) is 7.58. The standard InChI is InChI=1S/C33H39N3O4/c1-6-8-9-14-21-36(29(37)23-34-32(39)40-33(3,4)5)30(28-18-13-12-15-24(28)7-2)31(38)35-27-20-19-25-16-10-11-17-26(25)22-27/h2,10-13,15-20,22,30H,6,8-9,14,21,23H2,1,3-5H3,(H,34,39)(H,35,38). The van der Waals surface area contributed by atoms with Crippen LogP contribution < -0.4 is 10.6 Å². The van der Waals surface area contributed by atoms with Crippen molar-refractivity contribution >= 4 is 34.4 Å². The summed E-state index contributed by atoms with van der Waals surface area (Å²) in [5.74, 6) is 1.86. The number of carbonyl (C=O) groups is 3. The number of amides is 3. The molecule has 7 nitrogen and oxygen atoms in total. The number of benzene rings is 3. The number of hydrogen-bond acceptors (Lipinski definition) is 4. The maximum atomic E-state index is 14.0. The molecule has 0 heterocycles. The first-order valence-electron chi connectivity index (χ1n) is 13.7. The van der Waals surface area contributed by atoms with Crippen molar-refractivity contribution in [2.24, 2.45) is 0 Å². The SMILES string of the molecule is C#Cc1ccccc1C(C(=O)Nc1ccc2ccccc2c1)N(CCCCCC)C(=O)CNC(=O)OC(C)(C)C. The van der Waals surface area contributed by atoms with Gasteiger partial charge < -0.3 is 20.3 Å². The second kappa shape index (κ2) is 14.2. The van der Waals surface area contributed by atoms with Crippen LogP contribution in [0.4, 0.5) is 10.5 Å². The molecule has 1 unspecified atom stereocenters. The third kappa shape index (κ3) is 8.60.